The van der Waals surface area contributed by atoms with Crippen molar-refractivity contribution >= 4 is 5.91 Å². The van der Waals surface area contributed by atoms with Crippen LogP contribution >= 0.6 is 0 Å². The summed E-state index contributed by atoms with van der Waals surface area (Å²) in [6.45, 7) is 1.82. The molecule has 1 aliphatic carbocycles. The number of carbonyl (C=O) groups is 1. The van der Waals surface area contributed by atoms with Gasteiger partial charge in [0, 0.05) is 11.6 Å². The lowest BCUT2D eigenvalue weighted by Gasteiger charge is -2.06. The first kappa shape index (κ1) is 9.06. The largest absolute Gasteiger partial charge is 0.508 e. The summed E-state index contributed by atoms with van der Waals surface area (Å²) in [7, 11) is 0. The van der Waals surface area contributed by atoms with Gasteiger partial charge in [0.1, 0.15) is 5.75 Å². The highest BCUT2D eigenvalue weighted by molar-refractivity contribution is 5.96. The van der Waals surface area contributed by atoms with Crippen molar-refractivity contribution in [3.63, 3.8) is 0 Å². The number of phenols is 1. The standard InChI is InChI=1S/C11H13NO2/c1-7-6-9(13)4-5-10(7)11(14)12-8-2-3-8/h4-6,8,13H,2-3H2,1H3,(H,12,14). The van der Waals surface area contributed by atoms with Crippen LogP contribution in [-0.4, -0.2) is 17.1 Å². The van der Waals surface area contributed by atoms with Crippen LogP contribution in [0.1, 0.15) is 28.8 Å². The molecular weight excluding hydrogens is 178 g/mol. The Bertz CT molecular complexity index is 370. The third-order valence-corrected chi connectivity index (χ3v) is 2.37. The number of nitrogens with one attached hydrogen (secondary N) is 1. The molecule has 2 N–H and O–H groups in total. The molecule has 1 fully saturated rings. The van der Waals surface area contributed by atoms with Gasteiger partial charge < -0.3 is 10.4 Å². The molecule has 0 unspecified atom stereocenters. The second-order valence-electron chi connectivity index (χ2n) is 3.75. The highest BCUT2D eigenvalue weighted by atomic mass is 16.3. The molecule has 1 saturated carbocycles. The van der Waals surface area contributed by atoms with E-state index < -0.39 is 0 Å². The van der Waals surface area contributed by atoms with Crippen LogP contribution in [0.25, 0.3) is 0 Å². The lowest BCUT2D eigenvalue weighted by Crippen LogP contribution is -2.25. The number of aryl methyl sites for hydroxylation is 1. The van der Waals surface area contributed by atoms with Gasteiger partial charge in [-0.3, -0.25) is 4.79 Å². The third kappa shape index (κ3) is 1.87. The van der Waals surface area contributed by atoms with E-state index in [0.29, 0.717) is 11.6 Å². The smallest absolute Gasteiger partial charge is 0.251 e. The van der Waals surface area contributed by atoms with Crippen LogP contribution in [0.2, 0.25) is 0 Å². The molecule has 1 amide bonds. The maximum atomic E-state index is 11.6. The predicted molar refractivity (Wildman–Crippen MR) is 53.3 cm³/mol. The van der Waals surface area contributed by atoms with Gasteiger partial charge in [0.15, 0.2) is 0 Å². The molecule has 0 aliphatic heterocycles. The molecule has 1 aliphatic rings. The van der Waals surface area contributed by atoms with Gasteiger partial charge in [0.25, 0.3) is 5.91 Å². The van der Waals surface area contributed by atoms with Crippen LogP contribution in [0.4, 0.5) is 0 Å². The van der Waals surface area contributed by atoms with Crippen molar-refractivity contribution in [1.29, 1.82) is 0 Å². The minimum atomic E-state index is -0.0370. The molecule has 0 spiro atoms. The summed E-state index contributed by atoms with van der Waals surface area (Å²) in [5.41, 5.74) is 1.46. The fourth-order valence-corrected chi connectivity index (χ4v) is 1.39. The maximum Gasteiger partial charge on any atom is 0.251 e. The van der Waals surface area contributed by atoms with Crippen LogP contribution in [-0.2, 0) is 0 Å². The van der Waals surface area contributed by atoms with E-state index in [1.807, 2.05) is 6.92 Å². The number of amides is 1. The van der Waals surface area contributed by atoms with E-state index in [9.17, 15) is 9.90 Å². The molecule has 0 aromatic heterocycles. The molecule has 1 aromatic carbocycles. The Balaban J connectivity index is 2.17. The summed E-state index contributed by atoms with van der Waals surface area (Å²) >= 11 is 0. The van der Waals surface area contributed by atoms with E-state index in [4.69, 9.17) is 0 Å². The van der Waals surface area contributed by atoms with Gasteiger partial charge in [-0.2, -0.15) is 0 Å². The summed E-state index contributed by atoms with van der Waals surface area (Å²) < 4.78 is 0. The van der Waals surface area contributed by atoms with Crippen molar-refractivity contribution in [2.75, 3.05) is 0 Å². The highest BCUT2D eigenvalue weighted by Crippen LogP contribution is 2.21. The highest BCUT2D eigenvalue weighted by Gasteiger charge is 2.24. The maximum absolute atomic E-state index is 11.6. The fraction of sp³-hybridized carbons (Fsp3) is 0.364. The van der Waals surface area contributed by atoms with Gasteiger partial charge in [0.05, 0.1) is 0 Å². The first-order valence-corrected chi connectivity index (χ1v) is 4.77. The number of aromatic hydroxyl groups is 1. The molecule has 2 rings (SSSR count). The molecule has 1 aromatic rings. The van der Waals surface area contributed by atoms with Gasteiger partial charge in [-0.05, 0) is 43.5 Å². The van der Waals surface area contributed by atoms with Crippen molar-refractivity contribution in [3.05, 3.63) is 29.3 Å². The quantitative estimate of drug-likeness (QED) is 0.745. The van der Waals surface area contributed by atoms with Gasteiger partial charge >= 0.3 is 0 Å². The van der Waals surface area contributed by atoms with Crippen LogP contribution in [0, 0.1) is 6.92 Å². The van der Waals surface area contributed by atoms with Gasteiger partial charge in [0.2, 0.25) is 0 Å². The van der Waals surface area contributed by atoms with Crippen LogP contribution in [0.3, 0.4) is 0 Å². The SMILES string of the molecule is Cc1cc(O)ccc1C(=O)NC1CC1. The molecule has 0 radical (unpaired) electrons. The zero-order chi connectivity index (χ0) is 10.1. The van der Waals surface area contributed by atoms with Gasteiger partial charge in [-0.1, -0.05) is 0 Å². The number of hydrogen-bond donors (Lipinski definition) is 2. The first-order valence-electron chi connectivity index (χ1n) is 4.77. The number of phenolic OH excluding ortho intramolecular Hbond substituents is 1. The van der Waals surface area contributed by atoms with Gasteiger partial charge in [-0.15, -0.1) is 0 Å². The van der Waals surface area contributed by atoms with Crippen molar-refractivity contribution < 1.29 is 9.90 Å². The molecule has 14 heavy (non-hydrogen) atoms. The molecule has 74 valence electrons. The van der Waals surface area contributed by atoms with Gasteiger partial charge in [-0.25, -0.2) is 0 Å². The second kappa shape index (κ2) is 3.33. The molecular formula is C11H13NO2. The molecule has 3 heteroatoms. The zero-order valence-electron chi connectivity index (χ0n) is 8.08. The van der Waals surface area contributed by atoms with E-state index in [1.165, 1.54) is 6.07 Å². The van der Waals surface area contributed by atoms with E-state index in [1.54, 1.807) is 12.1 Å². The van der Waals surface area contributed by atoms with E-state index in [0.717, 1.165) is 18.4 Å². The summed E-state index contributed by atoms with van der Waals surface area (Å²) in [5.74, 6) is 0.162. The Morgan fingerprint density at radius 1 is 1.50 bits per heavy atom. The Morgan fingerprint density at radius 3 is 2.79 bits per heavy atom. The summed E-state index contributed by atoms with van der Waals surface area (Å²) in [4.78, 5) is 11.6. The zero-order valence-corrected chi connectivity index (χ0v) is 8.08. The van der Waals surface area contributed by atoms with Crippen molar-refractivity contribution in [2.45, 2.75) is 25.8 Å². The average Bonchev–Trinajstić information content (AvgIpc) is 2.87. The van der Waals surface area contributed by atoms with Crippen LogP contribution in [0.5, 0.6) is 5.75 Å². The predicted octanol–water partition coefficient (Wildman–Crippen LogP) is 1.59. The van der Waals surface area contributed by atoms with Crippen molar-refractivity contribution in [3.8, 4) is 5.75 Å². The van der Waals surface area contributed by atoms with E-state index >= 15 is 0 Å². The Labute approximate surface area is 82.8 Å². The monoisotopic (exact) mass is 191 g/mol. The number of rotatable bonds is 2. The third-order valence-electron chi connectivity index (χ3n) is 2.37. The minimum Gasteiger partial charge on any atom is -0.508 e. The van der Waals surface area contributed by atoms with Crippen LogP contribution < -0.4 is 5.32 Å². The minimum absolute atomic E-state index is 0.0370. The Hall–Kier alpha value is -1.51. The summed E-state index contributed by atoms with van der Waals surface area (Å²) in [5, 5.41) is 12.1. The Morgan fingerprint density at radius 2 is 2.21 bits per heavy atom. The van der Waals surface area contributed by atoms with E-state index in [-0.39, 0.29) is 11.7 Å². The average molecular weight is 191 g/mol. The van der Waals surface area contributed by atoms with E-state index in [2.05, 4.69) is 5.32 Å². The number of hydrogen-bond acceptors (Lipinski definition) is 2. The lowest BCUT2D eigenvalue weighted by molar-refractivity contribution is 0.0950. The molecule has 0 atom stereocenters. The van der Waals surface area contributed by atoms with Crippen molar-refractivity contribution in [2.24, 2.45) is 0 Å². The lowest BCUT2D eigenvalue weighted by atomic mass is 10.1. The second-order valence-corrected chi connectivity index (χ2v) is 3.75. The molecule has 0 bridgehead atoms. The summed E-state index contributed by atoms with van der Waals surface area (Å²) in [6, 6.07) is 5.16. The molecule has 3 nitrogen and oxygen atoms in total. The Kier molecular flexibility index (Phi) is 2.15. The molecule has 0 heterocycles. The fourth-order valence-electron chi connectivity index (χ4n) is 1.39. The number of carbonyl (C=O) groups excluding carboxylic acids is 1. The van der Waals surface area contributed by atoms with Crippen molar-refractivity contribution in [1.82, 2.24) is 5.32 Å². The summed E-state index contributed by atoms with van der Waals surface area (Å²) in [6.07, 6.45) is 2.17. The normalized spacial score (nSPS) is 15.2. The first-order chi connectivity index (χ1) is 6.66. The van der Waals surface area contributed by atoms with Crippen LogP contribution in [0.15, 0.2) is 18.2 Å². The topological polar surface area (TPSA) is 49.3 Å². The molecule has 0 saturated heterocycles. The number of benzene rings is 1.